The number of hydrogen-bond acceptors (Lipinski definition) is 4. The molecule has 1 atom stereocenters. The Bertz CT molecular complexity index is 574. The molecule has 2 rings (SSSR count). The molecule has 0 aliphatic carbocycles. The zero-order valence-corrected chi connectivity index (χ0v) is 17.3. The van der Waals surface area contributed by atoms with E-state index in [9.17, 15) is 4.39 Å². The molecule has 0 saturated carbocycles. The summed E-state index contributed by atoms with van der Waals surface area (Å²) in [6.07, 6.45) is 1.12. The molecule has 1 heterocycles. The van der Waals surface area contributed by atoms with Crippen molar-refractivity contribution in [3.63, 3.8) is 0 Å². The number of rotatable bonds is 11. The van der Waals surface area contributed by atoms with E-state index in [1.807, 2.05) is 12.1 Å². The second-order valence-corrected chi connectivity index (χ2v) is 7.65. The average molecular weight is 398 g/mol. The number of benzene rings is 1. The van der Waals surface area contributed by atoms with Gasteiger partial charge in [-0.2, -0.15) is 11.8 Å². The van der Waals surface area contributed by atoms with Gasteiger partial charge in [-0.25, -0.2) is 4.39 Å². The first-order chi connectivity index (χ1) is 13.2. The van der Waals surface area contributed by atoms with Crippen LogP contribution in [-0.2, 0) is 15.2 Å². The van der Waals surface area contributed by atoms with E-state index in [4.69, 9.17) is 14.5 Å². The van der Waals surface area contributed by atoms with Gasteiger partial charge in [0.25, 0.3) is 0 Å². The molecule has 1 saturated heterocycles. The van der Waals surface area contributed by atoms with Gasteiger partial charge in [0.2, 0.25) is 0 Å². The van der Waals surface area contributed by atoms with Crippen molar-refractivity contribution in [2.24, 2.45) is 10.9 Å². The highest BCUT2D eigenvalue weighted by molar-refractivity contribution is 7.98. The van der Waals surface area contributed by atoms with Crippen molar-refractivity contribution >= 4 is 17.7 Å². The Hall–Kier alpha value is -1.31. The summed E-state index contributed by atoms with van der Waals surface area (Å²) in [6, 6.07) is 6.96. The highest BCUT2D eigenvalue weighted by Crippen LogP contribution is 2.17. The van der Waals surface area contributed by atoms with Crippen LogP contribution in [-0.4, -0.2) is 69.7 Å². The Labute approximate surface area is 166 Å². The Kier molecular flexibility index (Phi) is 10.6. The molecule has 1 aromatic rings. The molecule has 1 fully saturated rings. The smallest absolute Gasteiger partial charge is 0.193 e. The number of halogens is 1. The molecule has 1 aliphatic rings. The summed E-state index contributed by atoms with van der Waals surface area (Å²) < 4.78 is 24.3. The molecule has 1 aromatic carbocycles. The van der Waals surface area contributed by atoms with Gasteiger partial charge >= 0.3 is 0 Å². The van der Waals surface area contributed by atoms with Gasteiger partial charge in [0, 0.05) is 44.2 Å². The van der Waals surface area contributed by atoms with E-state index in [1.165, 1.54) is 6.07 Å². The molecule has 0 radical (unpaired) electrons. The van der Waals surface area contributed by atoms with Crippen LogP contribution in [0.1, 0.15) is 18.9 Å². The predicted molar refractivity (Wildman–Crippen MR) is 111 cm³/mol. The number of methoxy groups -OCH3 is 1. The average Bonchev–Trinajstić information content (AvgIpc) is 3.14. The molecule has 5 nitrogen and oxygen atoms in total. The topological polar surface area (TPSA) is 46.1 Å². The summed E-state index contributed by atoms with van der Waals surface area (Å²) in [5.41, 5.74) is 0.759. The SMILES string of the molecule is CCNC(=NCCSCc1ccccc1F)N1CCC(COCCOC)C1. The summed E-state index contributed by atoms with van der Waals surface area (Å²) >= 11 is 1.71. The van der Waals surface area contributed by atoms with Gasteiger partial charge in [0.1, 0.15) is 5.82 Å². The lowest BCUT2D eigenvalue weighted by atomic mass is 10.1. The van der Waals surface area contributed by atoms with Gasteiger partial charge in [0.05, 0.1) is 26.4 Å². The highest BCUT2D eigenvalue weighted by atomic mass is 32.2. The van der Waals surface area contributed by atoms with Crippen molar-refractivity contribution in [3.05, 3.63) is 35.6 Å². The maximum atomic E-state index is 13.6. The van der Waals surface area contributed by atoms with Gasteiger partial charge in [-0.15, -0.1) is 0 Å². The van der Waals surface area contributed by atoms with Crippen molar-refractivity contribution in [1.29, 1.82) is 0 Å². The number of guanidine groups is 1. The first kappa shape index (κ1) is 22.0. The maximum Gasteiger partial charge on any atom is 0.193 e. The highest BCUT2D eigenvalue weighted by Gasteiger charge is 2.24. The maximum absolute atomic E-state index is 13.6. The number of hydrogen-bond donors (Lipinski definition) is 1. The Morgan fingerprint density at radius 1 is 1.37 bits per heavy atom. The van der Waals surface area contributed by atoms with Crippen LogP contribution in [0.2, 0.25) is 0 Å². The summed E-state index contributed by atoms with van der Waals surface area (Å²) in [5.74, 6) is 2.95. The standard InChI is InChI=1S/C20H32FN3O2S/c1-3-22-20(24-10-8-17(14-24)15-26-12-11-25-2)23-9-13-27-16-18-6-4-5-7-19(18)21/h4-7,17H,3,8-16H2,1-2H3,(H,22,23). The third-order valence-corrected chi connectivity index (χ3v) is 5.40. The van der Waals surface area contributed by atoms with E-state index in [0.717, 1.165) is 56.5 Å². The molecule has 0 amide bonds. The Morgan fingerprint density at radius 2 is 2.22 bits per heavy atom. The second-order valence-electron chi connectivity index (χ2n) is 6.55. The minimum absolute atomic E-state index is 0.127. The van der Waals surface area contributed by atoms with Crippen molar-refractivity contribution in [2.45, 2.75) is 19.1 Å². The van der Waals surface area contributed by atoms with E-state index in [0.29, 0.717) is 24.9 Å². The van der Waals surface area contributed by atoms with Crippen LogP contribution in [0.3, 0.4) is 0 Å². The zero-order chi connectivity index (χ0) is 19.3. The quantitative estimate of drug-likeness (QED) is 0.353. The van der Waals surface area contributed by atoms with Crippen LogP contribution < -0.4 is 5.32 Å². The van der Waals surface area contributed by atoms with Crippen LogP contribution in [0.4, 0.5) is 4.39 Å². The van der Waals surface area contributed by atoms with Gasteiger partial charge in [-0.05, 0) is 25.0 Å². The second kappa shape index (κ2) is 13.0. The summed E-state index contributed by atoms with van der Waals surface area (Å²) in [7, 11) is 1.69. The van der Waals surface area contributed by atoms with Gasteiger partial charge < -0.3 is 19.7 Å². The fourth-order valence-corrected chi connectivity index (χ4v) is 3.81. The van der Waals surface area contributed by atoms with Crippen LogP contribution in [0, 0.1) is 11.7 Å². The van der Waals surface area contributed by atoms with Crippen molar-refractivity contribution in [2.75, 3.05) is 58.9 Å². The van der Waals surface area contributed by atoms with Gasteiger partial charge in [0.15, 0.2) is 5.96 Å². The lowest BCUT2D eigenvalue weighted by Gasteiger charge is -2.21. The fourth-order valence-electron chi connectivity index (χ4n) is 2.99. The lowest BCUT2D eigenvalue weighted by molar-refractivity contribution is 0.0536. The molecular weight excluding hydrogens is 365 g/mol. The Balaban J connectivity index is 1.71. The number of aliphatic imine (C=N–C) groups is 1. The fraction of sp³-hybridized carbons (Fsp3) is 0.650. The first-order valence-corrected chi connectivity index (χ1v) is 10.8. The van der Waals surface area contributed by atoms with Crippen LogP contribution in [0.5, 0.6) is 0 Å². The minimum atomic E-state index is -0.127. The van der Waals surface area contributed by atoms with Crippen LogP contribution >= 0.6 is 11.8 Å². The van der Waals surface area contributed by atoms with Gasteiger partial charge in [-0.1, -0.05) is 18.2 Å². The van der Waals surface area contributed by atoms with E-state index in [1.54, 1.807) is 24.9 Å². The molecule has 0 aromatic heterocycles. The molecule has 0 bridgehead atoms. The lowest BCUT2D eigenvalue weighted by Crippen LogP contribution is -2.40. The van der Waals surface area contributed by atoms with Crippen LogP contribution in [0.25, 0.3) is 0 Å². The summed E-state index contributed by atoms with van der Waals surface area (Å²) in [5, 5.41) is 3.39. The summed E-state index contributed by atoms with van der Waals surface area (Å²) in [4.78, 5) is 7.06. The minimum Gasteiger partial charge on any atom is -0.382 e. The van der Waals surface area contributed by atoms with E-state index < -0.39 is 0 Å². The Morgan fingerprint density at radius 3 is 3.00 bits per heavy atom. The zero-order valence-electron chi connectivity index (χ0n) is 16.5. The molecule has 1 N–H and O–H groups in total. The molecule has 7 heteroatoms. The largest absolute Gasteiger partial charge is 0.382 e. The molecule has 0 spiro atoms. The molecule has 1 aliphatic heterocycles. The molecule has 1 unspecified atom stereocenters. The third-order valence-electron chi connectivity index (χ3n) is 4.42. The number of ether oxygens (including phenoxy) is 2. The normalized spacial score (nSPS) is 17.5. The summed E-state index contributed by atoms with van der Waals surface area (Å²) in [6.45, 7) is 7.72. The number of nitrogens with one attached hydrogen (secondary N) is 1. The predicted octanol–water partition coefficient (Wildman–Crippen LogP) is 3.01. The first-order valence-electron chi connectivity index (χ1n) is 9.65. The van der Waals surface area contributed by atoms with Crippen LogP contribution in [0.15, 0.2) is 29.3 Å². The molecular formula is C20H32FN3O2S. The molecule has 27 heavy (non-hydrogen) atoms. The van der Waals surface area contributed by atoms with E-state index in [-0.39, 0.29) is 5.82 Å². The number of likely N-dealkylation sites (tertiary alicyclic amines) is 1. The van der Waals surface area contributed by atoms with Crippen molar-refractivity contribution in [3.8, 4) is 0 Å². The third kappa shape index (κ3) is 8.07. The van der Waals surface area contributed by atoms with Crippen molar-refractivity contribution in [1.82, 2.24) is 10.2 Å². The number of nitrogens with zero attached hydrogens (tertiary/aromatic N) is 2. The van der Waals surface area contributed by atoms with E-state index >= 15 is 0 Å². The van der Waals surface area contributed by atoms with Crippen molar-refractivity contribution < 1.29 is 13.9 Å². The van der Waals surface area contributed by atoms with E-state index in [2.05, 4.69) is 17.1 Å². The molecule has 152 valence electrons. The monoisotopic (exact) mass is 397 g/mol. The number of thioether (sulfide) groups is 1. The van der Waals surface area contributed by atoms with Gasteiger partial charge in [-0.3, -0.25) is 4.99 Å².